The molecule has 0 radical (unpaired) electrons. The molecule has 0 atom stereocenters. The van der Waals surface area contributed by atoms with E-state index in [1.165, 1.54) is 6.07 Å². The van der Waals surface area contributed by atoms with Crippen LogP contribution in [-0.4, -0.2) is 67.4 Å². The van der Waals surface area contributed by atoms with E-state index in [9.17, 15) is 20.2 Å². The van der Waals surface area contributed by atoms with Crippen LogP contribution in [0.3, 0.4) is 0 Å². The minimum absolute atomic E-state index is 0.123. The van der Waals surface area contributed by atoms with Crippen LogP contribution in [-0.2, 0) is 9.47 Å². The third kappa shape index (κ3) is 6.79. The highest BCUT2D eigenvalue weighted by Crippen LogP contribution is 2.33. The Morgan fingerprint density at radius 1 is 0.757 bits per heavy atom. The molecule has 2 fully saturated rings. The van der Waals surface area contributed by atoms with E-state index in [-0.39, 0.29) is 21.2 Å². The quantitative estimate of drug-likeness (QED) is 0.316. The SMILES string of the molecule is O=[N+]([O-])c1cc(-c2cccnc2)ccc1N1CCOCC1.O=[N+]([O-])c1cc(Br)ccc1N1CCOCC1. The Morgan fingerprint density at radius 3 is 1.81 bits per heavy atom. The second kappa shape index (κ2) is 12.6. The number of nitrogens with zero attached hydrogens (tertiary/aromatic N) is 5. The van der Waals surface area contributed by atoms with Crippen LogP contribution < -0.4 is 9.80 Å². The summed E-state index contributed by atoms with van der Waals surface area (Å²) in [7, 11) is 0. The average molecular weight is 572 g/mol. The van der Waals surface area contributed by atoms with E-state index in [0.717, 1.165) is 15.6 Å². The Balaban J connectivity index is 0.000000180. The van der Waals surface area contributed by atoms with Gasteiger partial charge < -0.3 is 19.3 Å². The van der Waals surface area contributed by atoms with Crippen molar-refractivity contribution in [3.8, 4) is 11.1 Å². The van der Waals surface area contributed by atoms with E-state index in [1.54, 1.807) is 24.5 Å². The van der Waals surface area contributed by atoms with Gasteiger partial charge in [-0.3, -0.25) is 25.2 Å². The van der Waals surface area contributed by atoms with Crippen molar-refractivity contribution in [2.45, 2.75) is 0 Å². The summed E-state index contributed by atoms with van der Waals surface area (Å²) in [5.74, 6) is 0. The molecule has 2 aliphatic heterocycles. The summed E-state index contributed by atoms with van der Waals surface area (Å²) in [6, 6.07) is 14.1. The van der Waals surface area contributed by atoms with Crippen molar-refractivity contribution in [2.75, 3.05) is 62.4 Å². The lowest BCUT2D eigenvalue weighted by atomic mass is 10.1. The van der Waals surface area contributed by atoms with Gasteiger partial charge in [-0.1, -0.05) is 28.1 Å². The Labute approximate surface area is 222 Å². The highest BCUT2D eigenvalue weighted by atomic mass is 79.9. The molecule has 0 aliphatic carbocycles. The van der Waals surface area contributed by atoms with Gasteiger partial charge in [-0.05, 0) is 29.8 Å². The maximum absolute atomic E-state index is 11.4. The van der Waals surface area contributed by atoms with Gasteiger partial charge in [-0.15, -0.1) is 0 Å². The van der Waals surface area contributed by atoms with Crippen LogP contribution in [0.2, 0.25) is 0 Å². The molecule has 0 spiro atoms. The van der Waals surface area contributed by atoms with Crippen LogP contribution in [0.15, 0.2) is 65.4 Å². The molecule has 0 saturated carbocycles. The van der Waals surface area contributed by atoms with E-state index >= 15 is 0 Å². The van der Waals surface area contributed by atoms with Crippen molar-refractivity contribution in [2.24, 2.45) is 0 Å². The number of pyridine rings is 1. The Bertz CT molecular complexity index is 1230. The molecule has 1 aromatic heterocycles. The van der Waals surface area contributed by atoms with Gasteiger partial charge in [0.05, 0.1) is 36.3 Å². The summed E-state index contributed by atoms with van der Waals surface area (Å²) in [4.78, 5) is 29.7. The average Bonchev–Trinajstić information content (AvgIpc) is 2.94. The second-order valence-electron chi connectivity index (χ2n) is 8.29. The zero-order valence-electron chi connectivity index (χ0n) is 20.0. The van der Waals surface area contributed by atoms with Gasteiger partial charge in [0.2, 0.25) is 0 Å². The molecule has 194 valence electrons. The molecule has 0 N–H and O–H groups in total. The first-order chi connectivity index (χ1) is 17.9. The van der Waals surface area contributed by atoms with Crippen molar-refractivity contribution >= 4 is 38.7 Å². The summed E-state index contributed by atoms with van der Waals surface area (Å²) < 4.78 is 11.2. The minimum atomic E-state index is -0.352. The van der Waals surface area contributed by atoms with E-state index in [2.05, 4.69) is 20.9 Å². The predicted octanol–water partition coefficient (Wildman–Crippen LogP) is 4.69. The summed E-state index contributed by atoms with van der Waals surface area (Å²) in [6.07, 6.45) is 3.38. The molecule has 3 heterocycles. The maximum Gasteiger partial charge on any atom is 0.293 e. The van der Waals surface area contributed by atoms with Gasteiger partial charge >= 0.3 is 0 Å². The van der Waals surface area contributed by atoms with E-state index in [0.29, 0.717) is 64.0 Å². The number of nitro groups is 2. The first-order valence-electron chi connectivity index (χ1n) is 11.7. The first kappa shape index (κ1) is 26.5. The van der Waals surface area contributed by atoms with Crippen LogP contribution in [0.5, 0.6) is 0 Å². The lowest BCUT2D eigenvalue weighted by molar-refractivity contribution is -0.384. The molecule has 12 heteroatoms. The highest BCUT2D eigenvalue weighted by molar-refractivity contribution is 9.10. The largest absolute Gasteiger partial charge is 0.378 e. The molecule has 37 heavy (non-hydrogen) atoms. The number of nitro benzene ring substituents is 2. The minimum Gasteiger partial charge on any atom is -0.378 e. The van der Waals surface area contributed by atoms with Crippen LogP contribution in [0.25, 0.3) is 11.1 Å². The molecule has 2 aliphatic rings. The van der Waals surface area contributed by atoms with Crippen LogP contribution in [0.4, 0.5) is 22.7 Å². The number of benzene rings is 2. The smallest absolute Gasteiger partial charge is 0.293 e. The number of anilines is 2. The van der Waals surface area contributed by atoms with Gasteiger partial charge in [0.25, 0.3) is 11.4 Å². The third-order valence-electron chi connectivity index (χ3n) is 6.00. The number of aromatic nitrogens is 1. The summed E-state index contributed by atoms with van der Waals surface area (Å²) in [6.45, 7) is 5.18. The number of ether oxygens (including phenoxy) is 2. The number of rotatable bonds is 5. The van der Waals surface area contributed by atoms with Crippen molar-refractivity contribution in [3.63, 3.8) is 0 Å². The molecule has 0 unspecified atom stereocenters. The zero-order chi connectivity index (χ0) is 26.2. The number of morpholine rings is 2. The molecule has 11 nitrogen and oxygen atoms in total. The van der Waals surface area contributed by atoms with Gasteiger partial charge in [-0.25, -0.2) is 0 Å². The van der Waals surface area contributed by atoms with Crippen LogP contribution in [0, 0.1) is 20.2 Å². The monoisotopic (exact) mass is 571 g/mol. The van der Waals surface area contributed by atoms with Gasteiger partial charge in [-0.2, -0.15) is 0 Å². The summed E-state index contributed by atoms with van der Waals surface area (Å²) >= 11 is 3.24. The lowest BCUT2D eigenvalue weighted by Crippen LogP contribution is -2.36. The highest BCUT2D eigenvalue weighted by Gasteiger charge is 2.23. The Kier molecular flexibility index (Phi) is 8.99. The van der Waals surface area contributed by atoms with E-state index < -0.39 is 0 Å². The van der Waals surface area contributed by atoms with Gasteiger partial charge in [0.1, 0.15) is 11.4 Å². The predicted molar refractivity (Wildman–Crippen MR) is 143 cm³/mol. The molecule has 3 aromatic rings. The van der Waals surface area contributed by atoms with Crippen molar-refractivity contribution in [3.05, 3.63) is 85.6 Å². The van der Waals surface area contributed by atoms with Crippen molar-refractivity contribution in [1.82, 2.24) is 4.98 Å². The van der Waals surface area contributed by atoms with Crippen LogP contribution in [0.1, 0.15) is 0 Å². The summed E-state index contributed by atoms with van der Waals surface area (Å²) in [5.41, 5.74) is 3.24. The molecule has 2 saturated heterocycles. The molecule has 0 bridgehead atoms. The Hall–Kier alpha value is -3.61. The number of halogens is 1. The zero-order valence-corrected chi connectivity index (χ0v) is 21.6. The standard InChI is InChI=1S/C15H15N3O3.C10H11BrN2O3/c19-18(20)15-10-12(13-2-1-5-16-11-13)3-4-14(15)17-6-8-21-9-7-17;11-8-1-2-9(10(7-8)13(14)15)12-3-5-16-6-4-12/h1-5,10-11H,6-9H2;1-2,7H,3-6H2. The van der Waals surface area contributed by atoms with Crippen molar-refractivity contribution < 1.29 is 19.3 Å². The summed E-state index contributed by atoms with van der Waals surface area (Å²) in [5, 5.41) is 22.3. The molecular formula is C25H26BrN5O6. The van der Waals surface area contributed by atoms with E-state index in [4.69, 9.17) is 9.47 Å². The fraction of sp³-hybridized carbons (Fsp3) is 0.320. The topological polar surface area (TPSA) is 124 Å². The molecule has 5 rings (SSSR count). The molecule has 0 amide bonds. The molecule has 2 aromatic carbocycles. The third-order valence-corrected chi connectivity index (χ3v) is 6.50. The second-order valence-corrected chi connectivity index (χ2v) is 9.21. The van der Waals surface area contributed by atoms with E-state index in [1.807, 2.05) is 40.1 Å². The lowest BCUT2D eigenvalue weighted by Gasteiger charge is -2.28. The Morgan fingerprint density at radius 2 is 1.30 bits per heavy atom. The first-order valence-corrected chi connectivity index (χ1v) is 12.5. The normalized spacial score (nSPS) is 15.5. The maximum atomic E-state index is 11.4. The molecular weight excluding hydrogens is 546 g/mol. The van der Waals surface area contributed by atoms with Crippen LogP contribution >= 0.6 is 15.9 Å². The number of hydrogen-bond donors (Lipinski definition) is 0. The van der Waals surface area contributed by atoms with Crippen molar-refractivity contribution in [1.29, 1.82) is 0 Å². The fourth-order valence-corrected chi connectivity index (χ4v) is 4.52. The van der Waals surface area contributed by atoms with Gasteiger partial charge in [0.15, 0.2) is 0 Å². The fourth-order valence-electron chi connectivity index (χ4n) is 4.17. The number of hydrogen-bond acceptors (Lipinski definition) is 9. The van der Waals surface area contributed by atoms with Gasteiger partial charge in [0, 0.05) is 60.7 Å².